The number of anilines is 1. The normalized spacial score (nSPS) is 10.4. The first-order valence-electron chi connectivity index (χ1n) is 5.98. The van der Waals surface area contributed by atoms with E-state index >= 15 is 0 Å². The van der Waals surface area contributed by atoms with Gasteiger partial charge >= 0.3 is 0 Å². The van der Waals surface area contributed by atoms with Crippen LogP contribution in [-0.2, 0) is 13.1 Å². The third-order valence-electron chi connectivity index (χ3n) is 2.87. The lowest BCUT2D eigenvalue weighted by atomic mass is 10.1. The maximum absolute atomic E-state index is 5.71. The zero-order valence-electron chi connectivity index (χ0n) is 10.8. The zero-order chi connectivity index (χ0) is 13.0. The van der Waals surface area contributed by atoms with Gasteiger partial charge in [0.1, 0.15) is 0 Å². The molecule has 0 aliphatic carbocycles. The van der Waals surface area contributed by atoms with Crippen molar-refractivity contribution in [2.75, 3.05) is 11.9 Å². The predicted octanol–water partition coefficient (Wildman–Crippen LogP) is 1.88. The Labute approximate surface area is 107 Å². The van der Waals surface area contributed by atoms with Crippen molar-refractivity contribution in [3.63, 3.8) is 0 Å². The number of benzene rings is 1. The number of nitrogens with two attached hydrogens (primary N) is 1. The lowest BCUT2D eigenvalue weighted by Gasteiger charge is -2.20. The fourth-order valence-electron chi connectivity index (χ4n) is 1.99. The molecule has 0 amide bonds. The summed E-state index contributed by atoms with van der Waals surface area (Å²) in [4.78, 5) is 2.07. The van der Waals surface area contributed by atoms with Gasteiger partial charge in [0.25, 0.3) is 0 Å². The first-order valence-corrected chi connectivity index (χ1v) is 5.98. The molecule has 0 spiro atoms. The van der Waals surface area contributed by atoms with Crippen LogP contribution in [0, 0.1) is 6.92 Å². The van der Waals surface area contributed by atoms with Gasteiger partial charge in [-0.2, -0.15) is 5.10 Å². The minimum absolute atomic E-state index is 0.475. The van der Waals surface area contributed by atoms with Crippen molar-refractivity contribution in [2.45, 2.75) is 20.0 Å². The molecule has 1 aromatic heterocycles. The predicted molar refractivity (Wildman–Crippen MR) is 73.2 cm³/mol. The maximum atomic E-state index is 5.71. The van der Waals surface area contributed by atoms with Gasteiger partial charge in [-0.15, -0.1) is 5.10 Å². The van der Waals surface area contributed by atoms with Crippen molar-refractivity contribution >= 4 is 5.82 Å². The highest BCUT2D eigenvalue weighted by molar-refractivity contribution is 5.45. The minimum atomic E-state index is 0.475. The molecule has 0 saturated carbocycles. The maximum Gasteiger partial charge on any atom is 0.155 e. The van der Waals surface area contributed by atoms with Gasteiger partial charge in [0.2, 0.25) is 0 Å². The highest BCUT2D eigenvalue weighted by Gasteiger charge is 2.08. The van der Waals surface area contributed by atoms with Crippen LogP contribution >= 0.6 is 0 Å². The van der Waals surface area contributed by atoms with E-state index in [0.29, 0.717) is 6.54 Å². The number of hydrogen-bond acceptors (Lipinski definition) is 4. The molecule has 0 atom stereocenters. The van der Waals surface area contributed by atoms with Crippen LogP contribution in [0.1, 0.15) is 16.7 Å². The SMILES string of the molecule is Cc1cccc(CN(C)c2nnccc2CN)c1. The molecule has 0 fully saturated rings. The summed E-state index contributed by atoms with van der Waals surface area (Å²) in [6, 6.07) is 10.4. The van der Waals surface area contributed by atoms with Crippen LogP contribution in [-0.4, -0.2) is 17.2 Å². The number of hydrogen-bond donors (Lipinski definition) is 1. The van der Waals surface area contributed by atoms with E-state index in [2.05, 4.69) is 46.3 Å². The van der Waals surface area contributed by atoms with E-state index in [9.17, 15) is 0 Å². The fourth-order valence-corrected chi connectivity index (χ4v) is 1.99. The topological polar surface area (TPSA) is 55.0 Å². The van der Waals surface area contributed by atoms with Crippen LogP contribution in [0.25, 0.3) is 0 Å². The van der Waals surface area contributed by atoms with Crippen molar-refractivity contribution in [2.24, 2.45) is 5.73 Å². The van der Waals surface area contributed by atoms with Crippen molar-refractivity contribution in [3.8, 4) is 0 Å². The molecule has 0 saturated heterocycles. The van der Waals surface area contributed by atoms with Crippen LogP contribution in [0.3, 0.4) is 0 Å². The molecule has 18 heavy (non-hydrogen) atoms. The van der Waals surface area contributed by atoms with Gasteiger partial charge < -0.3 is 10.6 Å². The van der Waals surface area contributed by atoms with E-state index in [1.807, 2.05) is 13.1 Å². The average Bonchev–Trinajstić information content (AvgIpc) is 2.38. The Kier molecular flexibility index (Phi) is 3.89. The smallest absolute Gasteiger partial charge is 0.155 e. The van der Waals surface area contributed by atoms with Crippen molar-refractivity contribution in [3.05, 3.63) is 53.2 Å². The molecule has 0 aliphatic rings. The molecule has 0 bridgehead atoms. The summed E-state index contributed by atoms with van der Waals surface area (Å²) in [7, 11) is 2.01. The quantitative estimate of drug-likeness (QED) is 0.889. The number of nitrogens with zero attached hydrogens (tertiary/aromatic N) is 3. The Morgan fingerprint density at radius 3 is 2.83 bits per heavy atom. The van der Waals surface area contributed by atoms with Gasteiger partial charge in [-0.25, -0.2) is 0 Å². The van der Waals surface area contributed by atoms with Gasteiger partial charge in [-0.3, -0.25) is 0 Å². The Hall–Kier alpha value is -1.94. The fraction of sp³-hybridized carbons (Fsp3) is 0.286. The Balaban J connectivity index is 2.19. The molecule has 0 aliphatic heterocycles. The molecule has 0 unspecified atom stereocenters. The molecule has 2 rings (SSSR count). The number of aryl methyl sites for hydroxylation is 1. The highest BCUT2D eigenvalue weighted by atomic mass is 15.2. The van der Waals surface area contributed by atoms with Crippen LogP contribution in [0.4, 0.5) is 5.82 Å². The minimum Gasteiger partial charge on any atom is -0.354 e. The highest BCUT2D eigenvalue weighted by Crippen LogP contribution is 2.17. The van der Waals surface area contributed by atoms with Crippen LogP contribution in [0.2, 0.25) is 0 Å². The van der Waals surface area contributed by atoms with E-state index in [-0.39, 0.29) is 0 Å². The second-order valence-corrected chi connectivity index (χ2v) is 4.43. The van der Waals surface area contributed by atoms with Crippen LogP contribution < -0.4 is 10.6 Å². The second kappa shape index (κ2) is 5.60. The van der Waals surface area contributed by atoms with Gasteiger partial charge in [-0.05, 0) is 18.6 Å². The van der Waals surface area contributed by atoms with Crippen molar-refractivity contribution in [1.29, 1.82) is 0 Å². The second-order valence-electron chi connectivity index (χ2n) is 4.43. The lowest BCUT2D eigenvalue weighted by Crippen LogP contribution is -2.20. The summed E-state index contributed by atoms with van der Waals surface area (Å²) < 4.78 is 0. The van der Waals surface area contributed by atoms with Gasteiger partial charge in [0.05, 0.1) is 6.20 Å². The van der Waals surface area contributed by atoms with E-state index in [4.69, 9.17) is 5.73 Å². The Morgan fingerprint density at radius 2 is 2.11 bits per heavy atom. The molecule has 2 N–H and O–H groups in total. The molecular formula is C14H18N4. The number of aromatic nitrogens is 2. The Morgan fingerprint density at radius 1 is 1.28 bits per heavy atom. The summed E-state index contributed by atoms with van der Waals surface area (Å²) >= 11 is 0. The molecule has 2 aromatic rings. The first-order chi connectivity index (χ1) is 8.70. The lowest BCUT2D eigenvalue weighted by molar-refractivity contribution is 0.842. The van der Waals surface area contributed by atoms with Crippen LogP contribution in [0.15, 0.2) is 36.5 Å². The third kappa shape index (κ3) is 2.84. The average molecular weight is 242 g/mol. The molecule has 4 nitrogen and oxygen atoms in total. The third-order valence-corrected chi connectivity index (χ3v) is 2.87. The summed E-state index contributed by atoms with van der Waals surface area (Å²) in [6.07, 6.45) is 1.67. The molecule has 0 radical (unpaired) electrons. The molecule has 4 heteroatoms. The summed E-state index contributed by atoms with van der Waals surface area (Å²) in [6.45, 7) is 3.37. The van der Waals surface area contributed by atoms with E-state index in [1.54, 1.807) is 6.20 Å². The van der Waals surface area contributed by atoms with Crippen molar-refractivity contribution < 1.29 is 0 Å². The summed E-state index contributed by atoms with van der Waals surface area (Å²) in [5.41, 5.74) is 9.24. The largest absolute Gasteiger partial charge is 0.354 e. The van der Waals surface area contributed by atoms with E-state index < -0.39 is 0 Å². The van der Waals surface area contributed by atoms with Gasteiger partial charge in [0, 0.05) is 25.7 Å². The molecule has 1 heterocycles. The zero-order valence-corrected chi connectivity index (χ0v) is 10.8. The number of rotatable bonds is 4. The molecule has 94 valence electrons. The molecular weight excluding hydrogens is 224 g/mol. The molecule has 1 aromatic carbocycles. The first kappa shape index (κ1) is 12.5. The monoisotopic (exact) mass is 242 g/mol. The standard InChI is InChI=1S/C14H18N4/c1-11-4-3-5-12(8-11)10-18(2)14-13(9-15)6-7-16-17-14/h3-8H,9-10,15H2,1-2H3. The van der Waals surface area contributed by atoms with Gasteiger partial charge in [0.15, 0.2) is 5.82 Å². The van der Waals surface area contributed by atoms with E-state index in [0.717, 1.165) is 17.9 Å². The van der Waals surface area contributed by atoms with Crippen molar-refractivity contribution in [1.82, 2.24) is 10.2 Å². The van der Waals surface area contributed by atoms with Crippen LogP contribution in [0.5, 0.6) is 0 Å². The summed E-state index contributed by atoms with van der Waals surface area (Å²) in [5.74, 6) is 0.849. The van der Waals surface area contributed by atoms with E-state index in [1.165, 1.54) is 11.1 Å². The van der Waals surface area contributed by atoms with Gasteiger partial charge in [-0.1, -0.05) is 29.8 Å². The summed E-state index contributed by atoms with van der Waals surface area (Å²) in [5, 5.41) is 8.09. The Bertz CT molecular complexity index is 525.